The summed E-state index contributed by atoms with van der Waals surface area (Å²) in [5.74, 6) is 0.309. The van der Waals surface area contributed by atoms with Gasteiger partial charge >= 0.3 is 5.97 Å². The molecule has 1 saturated carbocycles. The summed E-state index contributed by atoms with van der Waals surface area (Å²) >= 11 is 0. The lowest BCUT2D eigenvalue weighted by molar-refractivity contribution is 0.0602. The first-order valence-electron chi connectivity index (χ1n) is 5.36. The molecule has 2 atom stereocenters. The lowest BCUT2D eigenvalue weighted by Gasteiger charge is -2.09. The maximum atomic E-state index is 11.4. The van der Waals surface area contributed by atoms with Crippen LogP contribution in [0.25, 0.3) is 0 Å². The molecule has 0 bridgehead atoms. The predicted molar refractivity (Wildman–Crippen MR) is 63.4 cm³/mol. The Balaban J connectivity index is 2.18. The Morgan fingerprint density at radius 2 is 2.25 bits per heavy atom. The molecule has 4 nitrogen and oxygen atoms in total. The highest BCUT2D eigenvalue weighted by molar-refractivity contribution is 5.96. The van der Waals surface area contributed by atoms with E-state index in [0.29, 0.717) is 23.2 Å². The van der Waals surface area contributed by atoms with Crippen LogP contribution in [-0.4, -0.2) is 19.1 Å². The van der Waals surface area contributed by atoms with Crippen LogP contribution in [0.2, 0.25) is 0 Å². The Labute approximate surface area is 94.8 Å². The summed E-state index contributed by atoms with van der Waals surface area (Å²) in [6.45, 7) is 2.19. The van der Waals surface area contributed by atoms with Gasteiger partial charge in [0, 0.05) is 17.4 Å². The first kappa shape index (κ1) is 10.8. The quantitative estimate of drug-likeness (QED) is 0.603. The number of nitrogens with one attached hydrogen (secondary N) is 1. The topological polar surface area (TPSA) is 64.3 Å². The minimum Gasteiger partial charge on any atom is -0.465 e. The molecule has 1 aromatic rings. The van der Waals surface area contributed by atoms with Gasteiger partial charge in [0.1, 0.15) is 0 Å². The molecule has 0 aromatic heterocycles. The largest absolute Gasteiger partial charge is 0.465 e. The van der Waals surface area contributed by atoms with Crippen LogP contribution in [0.4, 0.5) is 11.4 Å². The van der Waals surface area contributed by atoms with Crippen molar-refractivity contribution in [3.63, 3.8) is 0 Å². The van der Waals surface area contributed by atoms with E-state index in [1.807, 2.05) is 6.07 Å². The molecule has 3 N–H and O–H groups in total. The van der Waals surface area contributed by atoms with E-state index in [1.54, 1.807) is 12.1 Å². The summed E-state index contributed by atoms with van der Waals surface area (Å²) in [6, 6.07) is 5.87. The van der Waals surface area contributed by atoms with Gasteiger partial charge in [-0.1, -0.05) is 6.92 Å². The Morgan fingerprint density at radius 3 is 2.81 bits per heavy atom. The van der Waals surface area contributed by atoms with Crippen molar-refractivity contribution in [1.29, 1.82) is 0 Å². The highest BCUT2D eigenvalue weighted by Crippen LogP contribution is 2.33. The van der Waals surface area contributed by atoms with Crippen LogP contribution >= 0.6 is 0 Å². The molecule has 0 heterocycles. The van der Waals surface area contributed by atoms with Gasteiger partial charge < -0.3 is 15.8 Å². The number of hydrogen-bond acceptors (Lipinski definition) is 4. The molecule has 1 aliphatic rings. The third-order valence-corrected chi connectivity index (χ3v) is 2.92. The molecule has 2 rings (SSSR count). The van der Waals surface area contributed by atoms with Gasteiger partial charge in [-0.2, -0.15) is 0 Å². The molecule has 1 aromatic carbocycles. The molecule has 0 amide bonds. The number of rotatable bonds is 3. The Morgan fingerprint density at radius 1 is 1.56 bits per heavy atom. The molecule has 2 unspecified atom stereocenters. The summed E-state index contributed by atoms with van der Waals surface area (Å²) in [4.78, 5) is 11.4. The Bertz CT molecular complexity index is 417. The fourth-order valence-electron chi connectivity index (χ4n) is 1.67. The second-order valence-corrected chi connectivity index (χ2v) is 4.26. The molecule has 16 heavy (non-hydrogen) atoms. The third kappa shape index (κ3) is 2.10. The fourth-order valence-corrected chi connectivity index (χ4v) is 1.67. The van der Waals surface area contributed by atoms with E-state index >= 15 is 0 Å². The first-order valence-corrected chi connectivity index (χ1v) is 5.36. The van der Waals surface area contributed by atoms with E-state index in [1.165, 1.54) is 13.5 Å². The minimum atomic E-state index is -0.398. The molecule has 1 aliphatic carbocycles. The standard InChI is InChI=1S/C12H16N2O2/c1-7-5-11(7)14-8-3-4-10(13)9(6-8)12(15)16-2/h3-4,6-7,11,14H,5,13H2,1-2H3. The molecular formula is C12H16N2O2. The number of benzene rings is 1. The number of nitrogen functional groups attached to an aromatic ring is 1. The van der Waals surface area contributed by atoms with E-state index in [0.717, 1.165) is 5.69 Å². The van der Waals surface area contributed by atoms with Gasteiger partial charge in [0.05, 0.1) is 12.7 Å². The number of esters is 1. The van der Waals surface area contributed by atoms with Gasteiger partial charge in [-0.3, -0.25) is 0 Å². The monoisotopic (exact) mass is 220 g/mol. The average molecular weight is 220 g/mol. The van der Waals surface area contributed by atoms with E-state index in [4.69, 9.17) is 5.73 Å². The van der Waals surface area contributed by atoms with Crippen LogP contribution < -0.4 is 11.1 Å². The number of carbonyl (C=O) groups excluding carboxylic acids is 1. The van der Waals surface area contributed by atoms with Crippen molar-refractivity contribution in [2.75, 3.05) is 18.2 Å². The van der Waals surface area contributed by atoms with Gasteiger partial charge in [0.25, 0.3) is 0 Å². The number of anilines is 2. The third-order valence-electron chi connectivity index (χ3n) is 2.92. The maximum Gasteiger partial charge on any atom is 0.340 e. The normalized spacial score (nSPS) is 22.6. The number of hydrogen-bond donors (Lipinski definition) is 2. The zero-order valence-electron chi connectivity index (χ0n) is 9.49. The summed E-state index contributed by atoms with van der Waals surface area (Å²) < 4.78 is 4.67. The van der Waals surface area contributed by atoms with Gasteiger partial charge in [-0.15, -0.1) is 0 Å². The number of methoxy groups -OCH3 is 1. The maximum absolute atomic E-state index is 11.4. The molecule has 4 heteroatoms. The van der Waals surface area contributed by atoms with Gasteiger partial charge in [-0.25, -0.2) is 4.79 Å². The van der Waals surface area contributed by atoms with Crippen LogP contribution in [0, 0.1) is 5.92 Å². The van der Waals surface area contributed by atoms with Crippen LogP contribution in [-0.2, 0) is 4.74 Å². The molecular weight excluding hydrogens is 204 g/mol. The first-order chi connectivity index (χ1) is 7.61. The van der Waals surface area contributed by atoms with Crippen molar-refractivity contribution in [3.05, 3.63) is 23.8 Å². The summed E-state index contributed by atoms with van der Waals surface area (Å²) in [5, 5.41) is 3.35. The van der Waals surface area contributed by atoms with E-state index in [9.17, 15) is 4.79 Å². The van der Waals surface area contributed by atoms with E-state index in [-0.39, 0.29) is 0 Å². The molecule has 0 radical (unpaired) electrons. The van der Waals surface area contributed by atoms with Gasteiger partial charge in [0.2, 0.25) is 0 Å². The van der Waals surface area contributed by atoms with Crippen LogP contribution in [0.1, 0.15) is 23.7 Å². The summed E-state index contributed by atoms with van der Waals surface area (Å²) in [7, 11) is 1.35. The lowest BCUT2D eigenvalue weighted by atomic mass is 10.1. The van der Waals surface area contributed by atoms with Crippen molar-refractivity contribution in [2.45, 2.75) is 19.4 Å². The Hall–Kier alpha value is -1.71. The molecule has 0 saturated heterocycles. The van der Waals surface area contributed by atoms with E-state index in [2.05, 4.69) is 17.0 Å². The second kappa shape index (κ2) is 4.04. The zero-order valence-corrected chi connectivity index (χ0v) is 9.49. The van der Waals surface area contributed by atoms with Crippen molar-refractivity contribution in [3.8, 4) is 0 Å². The number of ether oxygens (including phenoxy) is 1. The van der Waals surface area contributed by atoms with Crippen molar-refractivity contribution < 1.29 is 9.53 Å². The average Bonchev–Trinajstić information content (AvgIpc) is 2.96. The van der Waals surface area contributed by atoms with Crippen molar-refractivity contribution >= 4 is 17.3 Å². The molecule has 0 aliphatic heterocycles. The Kier molecular flexibility index (Phi) is 2.73. The second-order valence-electron chi connectivity index (χ2n) is 4.26. The van der Waals surface area contributed by atoms with Gasteiger partial charge in [-0.05, 0) is 30.5 Å². The predicted octanol–water partition coefficient (Wildman–Crippen LogP) is 1.88. The van der Waals surface area contributed by atoms with Crippen LogP contribution in [0.5, 0.6) is 0 Å². The summed E-state index contributed by atoms with van der Waals surface area (Å²) in [6.07, 6.45) is 1.18. The van der Waals surface area contributed by atoms with Crippen LogP contribution in [0.15, 0.2) is 18.2 Å². The molecule has 86 valence electrons. The van der Waals surface area contributed by atoms with Gasteiger partial charge in [0.15, 0.2) is 0 Å². The molecule has 1 fully saturated rings. The fraction of sp³-hybridized carbons (Fsp3) is 0.417. The molecule has 0 spiro atoms. The van der Waals surface area contributed by atoms with Crippen molar-refractivity contribution in [1.82, 2.24) is 0 Å². The number of nitrogens with two attached hydrogens (primary N) is 1. The highest BCUT2D eigenvalue weighted by atomic mass is 16.5. The van der Waals surface area contributed by atoms with Crippen LogP contribution in [0.3, 0.4) is 0 Å². The minimum absolute atomic E-state index is 0.398. The van der Waals surface area contributed by atoms with E-state index < -0.39 is 5.97 Å². The van der Waals surface area contributed by atoms with Crippen molar-refractivity contribution in [2.24, 2.45) is 5.92 Å². The smallest absolute Gasteiger partial charge is 0.340 e. The summed E-state index contributed by atoms with van der Waals surface area (Å²) in [5.41, 5.74) is 7.49. The SMILES string of the molecule is COC(=O)c1cc(NC2CC2C)ccc1N. The number of carbonyl (C=O) groups is 1. The zero-order chi connectivity index (χ0) is 11.7. The highest BCUT2D eigenvalue weighted by Gasteiger charge is 2.32. The lowest BCUT2D eigenvalue weighted by Crippen LogP contribution is -2.08.